The lowest BCUT2D eigenvalue weighted by Crippen LogP contribution is -2.15. The maximum absolute atomic E-state index is 12.5. The van der Waals surface area contributed by atoms with Gasteiger partial charge >= 0.3 is 6.18 Å². The molecule has 0 unspecified atom stereocenters. The van der Waals surface area contributed by atoms with Gasteiger partial charge in [-0.2, -0.15) is 24.9 Å². The van der Waals surface area contributed by atoms with Crippen LogP contribution >= 0.6 is 23.4 Å². The van der Waals surface area contributed by atoms with Gasteiger partial charge in [-0.05, 0) is 24.5 Å². The van der Waals surface area contributed by atoms with Gasteiger partial charge in [0.25, 0.3) is 0 Å². The number of rotatable bonds is 3. The van der Waals surface area contributed by atoms with Gasteiger partial charge in [0.2, 0.25) is 5.91 Å². The molecule has 1 rings (SSSR count). The Morgan fingerprint density at radius 1 is 1.47 bits per heavy atom. The van der Waals surface area contributed by atoms with Crippen LogP contribution in [0.4, 0.5) is 18.9 Å². The molecule has 94 valence electrons. The fourth-order valence-corrected chi connectivity index (χ4v) is 1.71. The Hall–Kier alpha value is -0.880. The molecule has 2 nitrogen and oxygen atoms in total. The first-order valence-electron chi connectivity index (χ1n) is 4.50. The Balaban J connectivity index is 2.93. The number of anilines is 1. The maximum Gasteiger partial charge on any atom is 0.417 e. The summed E-state index contributed by atoms with van der Waals surface area (Å²) in [6.45, 7) is 0. The molecule has 1 aromatic rings. The van der Waals surface area contributed by atoms with Crippen LogP contribution in [0.1, 0.15) is 5.56 Å². The van der Waals surface area contributed by atoms with Crippen molar-refractivity contribution in [3.8, 4) is 0 Å². The van der Waals surface area contributed by atoms with Gasteiger partial charge in [-0.25, -0.2) is 0 Å². The number of carbonyl (C=O) groups excluding carboxylic acids is 1. The number of benzene rings is 1. The molecule has 0 bridgehead atoms. The van der Waals surface area contributed by atoms with Gasteiger partial charge in [0.15, 0.2) is 0 Å². The predicted octanol–water partition coefficient (Wildman–Crippen LogP) is 3.66. The van der Waals surface area contributed by atoms with E-state index in [0.29, 0.717) is 0 Å². The molecule has 1 amide bonds. The lowest BCUT2D eigenvalue weighted by Gasteiger charge is -2.11. The van der Waals surface area contributed by atoms with E-state index in [2.05, 4.69) is 5.32 Å². The molecule has 0 saturated carbocycles. The zero-order valence-corrected chi connectivity index (χ0v) is 10.3. The molecule has 0 saturated heterocycles. The van der Waals surface area contributed by atoms with E-state index >= 15 is 0 Å². The summed E-state index contributed by atoms with van der Waals surface area (Å²) >= 11 is 6.72. The molecule has 0 heterocycles. The summed E-state index contributed by atoms with van der Waals surface area (Å²) in [5.41, 5.74) is -0.873. The SMILES string of the molecule is CSCC(=O)Nc1ccc(Cl)c(C(F)(F)F)c1. The highest BCUT2D eigenvalue weighted by molar-refractivity contribution is 7.99. The number of hydrogen-bond acceptors (Lipinski definition) is 2. The van der Waals surface area contributed by atoms with Crippen LogP contribution in [0.2, 0.25) is 5.02 Å². The number of halogens is 4. The van der Waals surface area contributed by atoms with E-state index in [1.807, 2.05) is 0 Å². The summed E-state index contributed by atoms with van der Waals surface area (Å²) in [5, 5.41) is 1.98. The van der Waals surface area contributed by atoms with Crippen molar-refractivity contribution < 1.29 is 18.0 Å². The van der Waals surface area contributed by atoms with Crippen LogP contribution in [0.3, 0.4) is 0 Å². The summed E-state index contributed by atoms with van der Waals surface area (Å²) in [6, 6.07) is 3.26. The summed E-state index contributed by atoms with van der Waals surface area (Å²) < 4.78 is 37.5. The van der Waals surface area contributed by atoms with E-state index in [1.54, 1.807) is 6.26 Å². The lowest BCUT2D eigenvalue weighted by molar-refractivity contribution is -0.137. The lowest BCUT2D eigenvalue weighted by atomic mass is 10.2. The van der Waals surface area contributed by atoms with Crippen molar-refractivity contribution >= 4 is 35.0 Å². The molecular weight excluding hydrogens is 275 g/mol. The standard InChI is InChI=1S/C10H9ClF3NOS/c1-17-5-9(16)15-6-2-3-8(11)7(4-6)10(12,13)14/h2-4H,5H2,1H3,(H,15,16). The van der Waals surface area contributed by atoms with Crippen molar-refractivity contribution in [2.24, 2.45) is 0 Å². The van der Waals surface area contributed by atoms with E-state index in [1.165, 1.54) is 17.8 Å². The number of thioether (sulfide) groups is 1. The van der Waals surface area contributed by atoms with Gasteiger partial charge in [-0.1, -0.05) is 11.6 Å². The average Bonchev–Trinajstić information content (AvgIpc) is 2.19. The van der Waals surface area contributed by atoms with Crippen molar-refractivity contribution in [3.05, 3.63) is 28.8 Å². The molecule has 0 aliphatic carbocycles. The molecule has 0 atom stereocenters. The highest BCUT2D eigenvalue weighted by Crippen LogP contribution is 2.36. The van der Waals surface area contributed by atoms with E-state index < -0.39 is 11.7 Å². The fraction of sp³-hybridized carbons (Fsp3) is 0.300. The summed E-state index contributed by atoms with van der Waals surface area (Å²) in [5.74, 6) is -0.169. The van der Waals surface area contributed by atoms with Crippen molar-refractivity contribution in [1.29, 1.82) is 0 Å². The second-order valence-electron chi connectivity index (χ2n) is 3.17. The number of hydrogen-bond donors (Lipinski definition) is 1. The van der Waals surface area contributed by atoms with Crippen molar-refractivity contribution in [3.63, 3.8) is 0 Å². The van der Waals surface area contributed by atoms with Crippen molar-refractivity contribution in [2.45, 2.75) is 6.18 Å². The van der Waals surface area contributed by atoms with Crippen LogP contribution in [0.15, 0.2) is 18.2 Å². The monoisotopic (exact) mass is 283 g/mol. The first-order valence-corrected chi connectivity index (χ1v) is 6.27. The quantitative estimate of drug-likeness (QED) is 0.917. The minimum Gasteiger partial charge on any atom is -0.325 e. The Bertz CT molecular complexity index is 423. The zero-order valence-electron chi connectivity index (χ0n) is 8.77. The summed E-state index contributed by atoms with van der Waals surface area (Å²) in [6.07, 6.45) is -2.81. The Morgan fingerprint density at radius 3 is 2.65 bits per heavy atom. The van der Waals surface area contributed by atoms with Crippen LogP contribution in [-0.2, 0) is 11.0 Å². The molecule has 0 radical (unpaired) electrons. The van der Waals surface area contributed by atoms with Gasteiger partial charge in [-0.15, -0.1) is 0 Å². The van der Waals surface area contributed by atoms with E-state index in [-0.39, 0.29) is 22.4 Å². The van der Waals surface area contributed by atoms with Crippen LogP contribution < -0.4 is 5.32 Å². The molecule has 7 heteroatoms. The fourth-order valence-electron chi connectivity index (χ4n) is 1.15. The minimum absolute atomic E-state index is 0.0841. The van der Waals surface area contributed by atoms with Crippen LogP contribution in [0.25, 0.3) is 0 Å². The van der Waals surface area contributed by atoms with Crippen molar-refractivity contribution in [2.75, 3.05) is 17.3 Å². The van der Waals surface area contributed by atoms with Crippen LogP contribution in [0, 0.1) is 0 Å². The third kappa shape index (κ3) is 4.12. The molecular formula is C10H9ClF3NOS. The molecule has 0 aliphatic heterocycles. The van der Waals surface area contributed by atoms with Gasteiger partial charge in [0, 0.05) is 5.69 Å². The smallest absolute Gasteiger partial charge is 0.325 e. The summed E-state index contributed by atoms with van der Waals surface area (Å²) in [4.78, 5) is 11.2. The Kier molecular flexibility index (Phi) is 4.70. The topological polar surface area (TPSA) is 29.1 Å². The van der Waals surface area contributed by atoms with Crippen LogP contribution in [-0.4, -0.2) is 17.9 Å². The predicted molar refractivity (Wildman–Crippen MR) is 63.5 cm³/mol. The van der Waals surface area contributed by atoms with E-state index in [0.717, 1.165) is 12.1 Å². The van der Waals surface area contributed by atoms with Crippen molar-refractivity contribution in [1.82, 2.24) is 0 Å². The number of amides is 1. The zero-order chi connectivity index (χ0) is 13.1. The number of nitrogens with one attached hydrogen (secondary N) is 1. The second-order valence-corrected chi connectivity index (χ2v) is 4.45. The van der Waals surface area contributed by atoms with Gasteiger partial charge in [0.05, 0.1) is 16.3 Å². The molecule has 1 N–H and O–H groups in total. The van der Waals surface area contributed by atoms with Gasteiger partial charge in [0.1, 0.15) is 0 Å². The number of alkyl halides is 3. The summed E-state index contributed by atoms with van der Waals surface area (Å²) in [7, 11) is 0. The number of carbonyl (C=O) groups is 1. The highest BCUT2D eigenvalue weighted by atomic mass is 35.5. The first-order chi connectivity index (χ1) is 7.84. The average molecular weight is 284 g/mol. The maximum atomic E-state index is 12.5. The highest BCUT2D eigenvalue weighted by Gasteiger charge is 2.33. The molecule has 0 aromatic heterocycles. The second kappa shape index (κ2) is 5.64. The Labute approximate surface area is 106 Å². The molecule has 0 spiro atoms. The minimum atomic E-state index is -4.53. The van der Waals surface area contributed by atoms with E-state index in [4.69, 9.17) is 11.6 Å². The largest absolute Gasteiger partial charge is 0.417 e. The molecule has 0 fully saturated rings. The van der Waals surface area contributed by atoms with Gasteiger partial charge in [-0.3, -0.25) is 4.79 Å². The van der Waals surface area contributed by atoms with E-state index in [9.17, 15) is 18.0 Å². The van der Waals surface area contributed by atoms with Gasteiger partial charge < -0.3 is 5.32 Å². The normalized spacial score (nSPS) is 11.4. The molecule has 0 aliphatic rings. The van der Waals surface area contributed by atoms with Crippen LogP contribution in [0.5, 0.6) is 0 Å². The third-order valence-electron chi connectivity index (χ3n) is 1.83. The first kappa shape index (κ1) is 14.2. The molecule has 1 aromatic carbocycles. The molecule has 17 heavy (non-hydrogen) atoms. The third-order valence-corrected chi connectivity index (χ3v) is 2.71. The Morgan fingerprint density at radius 2 is 2.12 bits per heavy atom.